The minimum atomic E-state index is -0.709. The number of nitrogens with zero attached hydrogens (tertiary/aromatic N) is 4. The first kappa shape index (κ1) is 45.7. The van der Waals surface area contributed by atoms with Gasteiger partial charge in [-0.15, -0.1) is 0 Å². The number of rotatable bonds is 12. The van der Waals surface area contributed by atoms with Crippen LogP contribution < -0.4 is 14.9 Å². The Hall–Kier alpha value is -4.67. The number of benzene rings is 2. The molecular weight excluding hydrogens is 743 g/mol. The summed E-state index contributed by atoms with van der Waals surface area (Å²) in [6.45, 7) is 15.5. The summed E-state index contributed by atoms with van der Waals surface area (Å²) < 4.78 is 32.9. The zero-order valence-corrected chi connectivity index (χ0v) is 34.4. The van der Waals surface area contributed by atoms with Gasteiger partial charge in [-0.05, 0) is 97.3 Å². The fourth-order valence-corrected chi connectivity index (χ4v) is 4.72. The minimum Gasteiger partial charge on any atom is -0.492 e. The number of hydrogen-bond donors (Lipinski definition) is 2. The molecule has 1 fully saturated rings. The van der Waals surface area contributed by atoms with Crippen LogP contribution in [0.2, 0.25) is 5.15 Å². The van der Waals surface area contributed by atoms with E-state index in [0.717, 1.165) is 11.0 Å². The standard InChI is InChI=1S/C18H27BO5.C17H20N2O4.C5H5ClN2O/c1-16(2,15(20)21-7)12-22-14-10-8-13(9-11-14)19-23-17(3,4)18(5,6)24-19;1-17(2,16(21)22-3)11-23-14-6-4-12(5-7-14)15-9-18-13(10-20)8-19-15;6-5-2-7-4(3-9)1-8-5/h8-11H,12H2,1-7H3;4-9,20H,10-11H2,1-3H3;1-2,9H,3H2. The summed E-state index contributed by atoms with van der Waals surface area (Å²) in [6.07, 6.45) is 5.98. The highest BCUT2D eigenvalue weighted by molar-refractivity contribution is 6.62. The van der Waals surface area contributed by atoms with Crippen molar-refractivity contribution in [2.45, 2.75) is 79.8 Å². The molecule has 0 unspecified atom stereocenters. The lowest BCUT2D eigenvalue weighted by atomic mass is 9.79. The van der Waals surface area contributed by atoms with Crippen molar-refractivity contribution < 1.29 is 48.1 Å². The van der Waals surface area contributed by atoms with Crippen LogP contribution in [0.25, 0.3) is 11.3 Å². The van der Waals surface area contributed by atoms with Gasteiger partial charge in [-0.3, -0.25) is 24.5 Å². The third-order valence-corrected chi connectivity index (χ3v) is 9.13. The molecule has 5 rings (SSSR count). The van der Waals surface area contributed by atoms with E-state index in [1.54, 1.807) is 40.1 Å². The Morgan fingerprint density at radius 2 is 1.11 bits per heavy atom. The number of ether oxygens (including phenoxy) is 4. The predicted octanol–water partition coefficient (Wildman–Crippen LogP) is 5.40. The van der Waals surface area contributed by atoms with Crippen LogP contribution in [0.15, 0.2) is 73.3 Å². The highest BCUT2D eigenvalue weighted by Gasteiger charge is 2.51. The molecule has 2 N–H and O–H groups in total. The number of carbonyl (C=O) groups excluding carboxylic acids is 2. The lowest BCUT2D eigenvalue weighted by Gasteiger charge is -2.32. The summed E-state index contributed by atoms with van der Waals surface area (Å²) >= 11 is 5.41. The highest BCUT2D eigenvalue weighted by atomic mass is 35.5. The number of aliphatic hydroxyl groups is 2. The molecule has 0 radical (unpaired) electrons. The first-order chi connectivity index (χ1) is 26.3. The Morgan fingerprint density at radius 1 is 0.679 bits per heavy atom. The second-order valence-electron chi connectivity index (χ2n) is 15.0. The van der Waals surface area contributed by atoms with Gasteiger partial charge >= 0.3 is 19.1 Å². The maximum Gasteiger partial charge on any atom is 0.494 e. The maximum atomic E-state index is 11.7. The molecule has 0 saturated carbocycles. The Kier molecular flexibility index (Phi) is 16.3. The Bertz CT molecular complexity index is 1830. The summed E-state index contributed by atoms with van der Waals surface area (Å²) in [7, 11) is 2.35. The van der Waals surface area contributed by atoms with Gasteiger partial charge in [0.2, 0.25) is 0 Å². The summed E-state index contributed by atoms with van der Waals surface area (Å²) in [6, 6.07) is 14.9. The molecule has 302 valence electrons. The van der Waals surface area contributed by atoms with Crippen molar-refractivity contribution >= 4 is 36.1 Å². The van der Waals surface area contributed by atoms with Crippen LogP contribution in [-0.4, -0.2) is 87.8 Å². The van der Waals surface area contributed by atoms with Crippen molar-refractivity contribution in [2.75, 3.05) is 27.4 Å². The van der Waals surface area contributed by atoms with Gasteiger partial charge in [-0.1, -0.05) is 23.7 Å². The fraction of sp³-hybridized carbons (Fsp3) is 0.450. The van der Waals surface area contributed by atoms with Crippen LogP contribution in [0.5, 0.6) is 11.5 Å². The molecule has 0 aliphatic carbocycles. The van der Waals surface area contributed by atoms with Crippen molar-refractivity contribution in [3.63, 3.8) is 0 Å². The number of carbonyl (C=O) groups is 2. The molecule has 0 atom stereocenters. The van der Waals surface area contributed by atoms with Gasteiger partial charge in [0, 0.05) is 5.56 Å². The second-order valence-corrected chi connectivity index (χ2v) is 15.4. The molecule has 1 aliphatic rings. The summed E-state index contributed by atoms with van der Waals surface area (Å²) in [5, 5.41) is 17.8. The largest absolute Gasteiger partial charge is 0.494 e. The van der Waals surface area contributed by atoms with Crippen LogP contribution in [0.3, 0.4) is 0 Å². The van der Waals surface area contributed by atoms with Crippen LogP contribution in [0.4, 0.5) is 0 Å². The van der Waals surface area contributed by atoms with E-state index in [0.29, 0.717) is 33.7 Å². The first-order valence-corrected chi connectivity index (χ1v) is 18.1. The molecule has 0 amide bonds. The number of hydrogen-bond acceptors (Lipinski definition) is 14. The van der Waals surface area contributed by atoms with E-state index in [1.165, 1.54) is 26.6 Å². The number of halogens is 1. The minimum absolute atomic E-state index is 0.0931. The first-order valence-electron chi connectivity index (χ1n) is 17.7. The van der Waals surface area contributed by atoms with Gasteiger partial charge in [-0.2, -0.15) is 0 Å². The molecule has 1 saturated heterocycles. The van der Waals surface area contributed by atoms with E-state index >= 15 is 0 Å². The molecule has 4 aromatic rings. The molecule has 14 nitrogen and oxygen atoms in total. The number of aromatic nitrogens is 4. The predicted molar refractivity (Wildman–Crippen MR) is 211 cm³/mol. The van der Waals surface area contributed by atoms with Crippen molar-refractivity contribution in [3.05, 3.63) is 89.9 Å². The average Bonchev–Trinajstić information content (AvgIpc) is 3.42. The molecule has 2 aromatic carbocycles. The van der Waals surface area contributed by atoms with Gasteiger partial charge in [-0.25, -0.2) is 4.98 Å². The third-order valence-electron chi connectivity index (χ3n) is 8.93. The summed E-state index contributed by atoms with van der Waals surface area (Å²) in [5.74, 6) is 0.739. The zero-order chi connectivity index (χ0) is 41.7. The monoisotopic (exact) mass is 794 g/mol. The molecule has 3 heterocycles. The van der Waals surface area contributed by atoms with Crippen LogP contribution in [-0.2, 0) is 41.6 Å². The van der Waals surface area contributed by atoms with E-state index < -0.39 is 17.9 Å². The number of aliphatic hydroxyl groups excluding tert-OH is 2. The Morgan fingerprint density at radius 3 is 1.48 bits per heavy atom. The van der Waals surface area contributed by atoms with Gasteiger partial charge < -0.3 is 38.5 Å². The van der Waals surface area contributed by atoms with Crippen molar-refractivity contribution in [3.8, 4) is 22.8 Å². The lowest BCUT2D eigenvalue weighted by molar-refractivity contribution is -0.153. The fourth-order valence-electron chi connectivity index (χ4n) is 4.63. The molecule has 2 aromatic heterocycles. The number of methoxy groups -OCH3 is 2. The number of esters is 2. The average molecular weight is 795 g/mol. The molecular formula is C40H52BClN4O10. The van der Waals surface area contributed by atoms with E-state index in [2.05, 4.69) is 19.9 Å². The van der Waals surface area contributed by atoms with Gasteiger partial charge in [0.25, 0.3) is 0 Å². The molecule has 0 bridgehead atoms. The highest BCUT2D eigenvalue weighted by Crippen LogP contribution is 2.36. The van der Waals surface area contributed by atoms with Gasteiger partial charge in [0.15, 0.2) is 0 Å². The zero-order valence-electron chi connectivity index (χ0n) is 33.7. The maximum absolute atomic E-state index is 11.7. The van der Waals surface area contributed by atoms with Crippen LogP contribution in [0, 0.1) is 10.8 Å². The molecule has 1 aliphatic heterocycles. The van der Waals surface area contributed by atoms with Crippen molar-refractivity contribution in [1.29, 1.82) is 0 Å². The Labute approximate surface area is 334 Å². The van der Waals surface area contributed by atoms with Gasteiger partial charge in [0.05, 0.1) is 91.3 Å². The van der Waals surface area contributed by atoms with E-state index in [9.17, 15) is 9.59 Å². The van der Waals surface area contributed by atoms with Crippen molar-refractivity contribution in [2.24, 2.45) is 10.8 Å². The third kappa shape index (κ3) is 13.0. The quantitative estimate of drug-likeness (QED) is 0.137. The van der Waals surface area contributed by atoms with E-state index in [4.69, 9.17) is 50.1 Å². The normalized spacial score (nSPS) is 14.3. The topological polar surface area (TPSA) is 182 Å². The van der Waals surface area contributed by atoms with Crippen LogP contribution >= 0.6 is 11.6 Å². The van der Waals surface area contributed by atoms with Crippen molar-refractivity contribution in [1.82, 2.24) is 19.9 Å². The van der Waals surface area contributed by atoms with Crippen LogP contribution in [0.1, 0.15) is 66.8 Å². The summed E-state index contributed by atoms with van der Waals surface area (Å²) in [4.78, 5) is 39.1. The smallest absolute Gasteiger partial charge is 0.492 e. The molecule has 16 heteroatoms. The lowest BCUT2D eigenvalue weighted by Crippen LogP contribution is -2.41. The SMILES string of the molecule is COC(=O)C(C)(C)COc1ccc(-c2cnc(CO)cn2)cc1.COC(=O)C(C)(C)COc1ccc(B2OC(C)(C)C(C)(C)O2)cc1.OCc1cnc(Cl)cn1. The van der Waals surface area contributed by atoms with Gasteiger partial charge in [0.1, 0.15) is 29.9 Å². The van der Waals surface area contributed by atoms with E-state index in [-0.39, 0.29) is 49.6 Å². The van der Waals surface area contributed by atoms with E-state index in [1.807, 2.05) is 76.2 Å². The molecule has 0 spiro atoms. The molecule has 56 heavy (non-hydrogen) atoms. The Balaban J connectivity index is 0.000000247. The summed E-state index contributed by atoms with van der Waals surface area (Å²) in [5.41, 5.74) is 1.46. The second kappa shape index (κ2) is 20.0.